The summed E-state index contributed by atoms with van der Waals surface area (Å²) in [6.07, 6.45) is 0.306. The third kappa shape index (κ3) is 2.84. The molecule has 2 rings (SSSR count). The lowest BCUT2D eigenvalue weighted by atomic mass is 10.1. The zero-order valence-electron chi connectivity index (χ0n) is 10.3. The van der Waals surface area contributed by atoms with Gasteiger partial charge >= 0.3 is 0 Å². The number of hydrogen-bond acceptors (Lipinski definition) is 3. The molecule has 2 atom stereocenters. The molecule has 1 aromatic rings. The number of nitrogens with one attached hydrogen (secondary N) is 1. The second-order valence-electron chi connectivity index (χ2n) is 4.55. The number of rotatable bonds is 3. The first kappa shape index (κ1) is 13.4. The van der Waals surface area contributed by atoms with E-state index in [-0.39, 0.29) is 23.8 Å². The Morgan fingerprint density at radius 2 is 2.33 bits per heavy atom. The van der Waals surface area contributed by atoms with Gasteiger partial charge in [0.05, 0.1) is 16.3 Å². The van der Waals surface area contributed by atoms with Gasteiger partial charge in [-0.3, -0.25) is 9.59 Å². The fraction of sp³-hybridized carbons (Fsp3) is 0.500. The van der Waals surface area contributed by atoms with E-state index in [1.54, 1.807) is 11.9 Å². The van der Waals surface area contributed by atoms with Crippen LogP contribution < -0.4 is 5.32 Å². The second kappa shape index (κ2) is 5.28. The SMILES string of the molecule is C[C@@H](NC(=O)[C@@H]1CC(=O)N(C)C1)c1ccc(Cl)s1. The van der Waals surface area contributed by atoms with E-state index < -0.39 is 0 Å². The summed E-state index contributed by atoms with van der Waals surface area (Å²) >= 11 is 7.32. The van der Waals surface area contributed by atoms with Crippen LogP contribution in [-0.2, 0) is 9.59 Å². The highest BCUT2D eigenvalue weighted by Crippen LogP contribution is 2.27. The van der Waals surface area contributed by atoms with Crippen LogP contribution in [-0.4, -0.2) is 30.3 Å². The summed E-state index contributed by atoms with van der Waals surface area (Å²) in [6.45, 7) is 2.42. The Labute approximate surface area is 115 Å². The largest absolute Gasteiger partial charge is 0.348 e. The van der Waals surface area contributed by atoms with Crippen LogP contribution in [0.25, 0.3) is 0 Å². The molecule has 0 radical (unpaired) electrons. The molecule has 1 aliphatic heterocycles. The number of likely N-dealkylation sites (tertiary alicyclic amines) is 1. The van der Waals surface area contributed by atoms with Crippen molar-refractivity contribution in [2.45, 2.75) is 19.4 Å². The number of carbonyl (C=O) groups is 2. The predicted molar refractivity (Wildman–Crippen MR) is 71.6 cm³/mol. The van der Waals surface area contributed by atoms with E-state index in [9.17, 15) is 9.59 Å². The average Bonchev–Trinajstić information content (AvgIpc) is 2.86. The maximum absolute atomic E-state index is 12.0. The summed E-state index contributed by atoms with van der Waals surface area (Å²) in [6, 6.07) is 3.65. The third-order valence-corrected chi connectivity index (χ3v) is 4.51. The van der Waals surface area contributed by atoms with Crippen LogP contribution >= 0.6 is 22.9 Å². The summed E-state index contributed by atoms with van der Waals surface area (Å²) in [5, 5.41) is 2.93. The minimum Gasteiger partial charge on any atom is -0.348 e. The molecule has 4 nitrogen and oxygen atoms in total. The molecule has 0 aromatic carbocycles. The maximum Gasteiger partial charge on any atom is 0.225 e. The van der Waals surface area contributed by atoms with Crippen LogP contribution in [0.15, 0.2) is 12.1 Å². The molecule has 1 fully saturated rings. The Morgan fingerprint density at radius 1 is 1.61 bits per heavy atom. The molecular formula is C12H15ClN2O2S. The molecule has 1 aliphatic rings. The molecule has 0 bridgehead atoms. The molecule has 0 aliphatic carbocycles. The molecule has 18 heavy (non-hydrogen) atoms. The Bertz CT molecular complexity index is 474. The zero-order chi connectivity index (χ0) is 13.3. The number of carbonyl (C=O) groups excluding carboxylic acids is 2. The van der Waals surface area contributed by atoms with Gasteiger partial charge in [-0.2, -0.15) is 0 Å². The van der Waals surface area contributed by atoms with Crippen molar-refractivity contribution in [3.05, 3.63) is 21.3 Å². The van der Waals surface area contributed by atoms with Gasteiger partial charge in [0.25, 0.3) is 0 Å². The first-order valence-corrected chi connectivity index (χ1v) is 6.96. The second-order valence-corrected chi connectivity index (χ2v) is 6.29. The van der Waals surface area contributed by atoms with E-state index in [4.69, 9.17) is 11.6 Å². The first-order valence-electron chi connectivity index (χ1n) is 5.77. The molecule has 2 amide bonds. The highest BCUT2D eigenvalue weighted by molar-refractivity contribution is 7.16. The molecule has 98 valence electrons. The predicted octanol–water partition coefficient (Wildman–Crippen LogP) is 2.06. The van der Waals surface area contributed by atoms with Crippen LogP contribution in [0.4, 0.5) is 0 Å². The maximum atomic E-state index is 12.0. The van der Waals surface area contributed by atoms with E-state index in [1.807, 2.05) is 19.1 Å². The van der Waals surface area contributed by atoms with E-state index in [0.29, 0.717) is 17.3 Å². The first-order chi connectivity index (χ1) is 8.47. The molecule has 1 aromatic heterocycles. The Hall–Kier alpha value is -1.07. The summed E-state index contributed by atoms with van der Waals surface area (Å²) in [5.41, 5.74) is 0. The normalized spacial score (nSPS) is 21.2. The van der Waals surface area contributed by atoms with Crippen molar-refractivity contribution in [1.82, 2.24) is 10.2 Å². The van der Waals surface area contributed by atoms with Crippen molar-refractivity contribution in [3.8, 4) is 0 Å². The third-order valence-electron chi connectivity index (χ3n) is 3.09. The number of thiophene rings is 1. The van der Waals surface area contributed by atoms with E-state index in [0.717, 1.165) is 4.88 Å². The van der Waals surface area contributed by atoms with Gasteiger partial charge < -0.3 is 10.2 Å². The van der Waals surface area contributed by atoms with Crippen molar-refractivity contribution in [1.29, 1.82) is 0 Å². The summed E-state index contributed by atoms with van der Waals surface area (Å²) < 4.78 is 0.710. The zero-order valence-corrected chi connectivity index (χ0v) is 11.8. The number of hydrogen-bond donors (Lipinski definition) is 1. The lowest BCUT2D eigenvalue weighted by Gasteiger charge is -2.15. The van der Waals surface area contributed by atoms with Crippen molar-refractivity contribution >= 4 is 34.8 Å². The van der Waals surface area contributed by atoms with Crippen molar-refractivity contribution in [2.24, 2.45) is 5.92 Å². The van der Waals surface area contributed by atoms with Gasteiger partial charge in [-0.05, 0) is 19.1 Å². The van der Waals surface area contributed by atoms with Gasteiger partial charge in [0.1, 0.15) is 0 Å². The molecule has 1 saturated heterocycles. The highest BCUT2D eigenvalue weighted by Gasteiger charge is 2.32. The molecule has 2 heterocycles. The number of halogens is 1. The molecule has 0 unspecified atom stereocenters. The molecule has 0 spiro atoms. The van der Waals surface area contributed by atoms with Gasteiger partial charge in [0.15, 0.2) is 0 Å². The minimum atomic E-state index is -0.236. The highest BCUT2D eigenvalue weighted by atomic mass is 35.5. The van der Waals surface area contributed by atoms with Crippen LogP contribution in [0.3, 0.4) is 0 Å². The minimum absolute atomic E-state index is 0.0296. The van der Waals surface area contributed by atoms with Gasteiger partial charge in [0, 0.05) is 24.9 Å². The van der Waals surface area contributed by atoms with Crippen molar-refractivity contribution < 1.29 is 9.59 Å². The lowest BCUT2D eigenvalue weighted by molar-refractivity contribution is -0.128. The van der Waals surface area contributed by atoms with Gasteiger partial charge in [-0.25, -0.2) is 0 Å². The fourth-order valence-electron chi connectivity index (χ4n) is 2.00. The summed E-state index contributed by atoms with van der Waals surface area (Å²) in [5.74, 6) is -0.271. The van der Waals surface area contributed by atoms with Gasteiger partial charge in [0.2, 0.25) is 11.8 Å². The summed E-state index contributed by atoms with van der Waals surface area (Å²) in [7, 11) is 1.72. The average molecular weight is 287 g/mol. The van der Waals surface area contributed by atoms with Crippen LogP contribution in [0.1, 0.15) is 24.3 Å². The van der Waals surface area contributed by atoms with Gasteiger partial charge in [-0.1, -0.05) is 11.6 Å². The smallest absolute Gasteiger partial charge is 0.225 e. The number of nitrogens with zero attached hydrogens (tertiary/aromatic N) is 1. The molecular weight excluding hydrogens is 272 g/mol. The van der Waals surface area contributed by atoms with Crippen LogP contribution in [0.2, 0.25) is 4.34 Å². The van der Waals surface area contributed by atoms with E-state index in [2.05, 4.69) is 5.32 Å². The van der Waals surface area contributed by atoms with Crippen molar-refractivity contribution in [3.63, 3.8) is 0 Å². The fourth-order valence-corrected chi connectivity index (χ4v) is 3.07. The van der Waals surface area contributed by atoms with Crippen LogP contribution in [0.5, 0.6) is 0 Å². The van der Waals surface area contributed by atoms with Gasteiger partial charge in [-0.15, -0.1) is 11.3 Å². The molecule has 1 N–H and O–H groups in total. The lowest BCUT2D eigenvalue weighted by Crippen LogP contribution is -2.33. The Balaban J connectivity index is 1.94. The Kier molecular flexibility index (Phi) is 3.92. The Morgan fingerprint density at radius 3 is 2.83 bits per heavy atom. The van der Waals surface area contributed by atoms with E-state index in [1.165, 1.54) is 11.3 Å². The molecule has 6 heteroatoms. The van der Waals surface area contributed by atoms with E-state index >= 15 is 0 Å². The monoisotopic (exact) mass is 286 g/mol. The standard InChI is InChI=1S/C12H15ClN2O2S/c1-7(9-3-4-10(13)18-9)14-12(17)8-5-11(16)15(2)6-8/h3-4,7-8H,5-6H2,1-2H3,(H,14,17)/t7-,8-/m1/s1. The molecule has 0 saturated carbocycles. The summed E-state index contributed by atoms with van der Waals surface area (Å²) in [4.78, 5) is 26.0. The quantitative estimate of drug-likeness (QED) is 0.925. The number of amides is 2. The van der Waals surface area contributed by atoms with Crippen LogP contribution in [0, 0.1) is 5.92 Å². The van der Waals surface area contributed by atoms with Crippen molar-refractivity contribution in [2.75, 3.05) is 13.6 Å². The topological polar surface area (TPSA) is 49.4 Å².